The normalized spacial score (nSPS) is 13.1. The zero-order chi connectivity index (χ0) is 21.7. The van der Waals surface area contributed by atoms with E-state index in [1.54, 1.807) is 24.3 Å². The number of nitrogens with zero attached hydrogens (tertiary/aromatic N) is 4. The number of benzene rings is 2. The molecule has 3 rings (SSSR count). The molecule has 160 valence electrons. The molecule has 1 heterocycles. The Morgan fingerprint density at radius 1 is 1.17 bits per heavy atom. The third-order valence-corrected chi connectivity index (χ3v) is 4.34. The Balaban J connectivity index is 1.67. The van der Waals surface area contributed by atoms with Crippen LogP contribution >= 0.6 is 11.6 Å². The molecule has 30 heavy (non-hydrogen) atoms. The van der Waals surface area contributed by atoms with Gasteiger partial charge >= 0.3 is 6.03 Å². The summed E-state index contributed by atoms with van der Waals surface area (Å²) in [7, 11) is 3.93. The van der Waals surface area contributed by atoms with Crippen LogP contribution in [0.3, 0.4) is 0 Å². The van der Waals surface area contributed by atoms with E-state index in [4.69, 9.17) is 16.3 Å². The van der Waals surface area contributed by atoms with Crippen molar-refractivity contribution in [2.75, 3.05) is 42.8 Å². The Labute approximate surface area is 178 Å². The SMILES string of the molecule is CN(C)CCCOc1ccc(Cl)cc1NC(=O)NC1=NN([O-])c2ccccc2N1[O-]. The second-order valence-corrected chi connectivity index (χ2v) is 7.14. The van der Waals surface area contributed by atoms with Crippen molar-refractivity contribution in [2.24, 2.45) is 5.10 Å². The molecule has 2 aromatic rings. The fourth-order valence-corrected chi connectivity index (χ4v) is 2.88. The molecule has 0 unspecified atom stereocenters. The second kappa shape index (κ2) is 9.63. The van der Waals surface area contributed by atoms with Gasteiger partial charge in [-0.3, -0.25) is 5.32 Å². The van der Waals surface area contributed by atoms with Gasteiger partial charge in [-0.05, 0) is 50.8 Å². The molecule has 0 aromatic heterocycles. The van der Waals surface area contributed by atoms with Crippen LogP contribution in [0.2, 0.25) is 5.02 Å². The summed E-state index contributed by atoms with van der Waals surface area (Å²) in [6, 6.07) is 10.2. The summed E-state index contributed by atoms with van der Waals surface area (Å²) in [4.78, 5) is 14.5. The number of para-hydroxylation sites is 2. The molecule has 2 N–H and O–H groups in total. The summed E-state index contributed by atoms with van der Waals surface area (Å²) >= 11 is 6.03. The number of amides is 2. The average molecular weight is 433 g/mol. The number of guanidine groups is 1. The lowest BCUT2D eigenvalue weighted by atomic mass is 10.2. The van der Waals surface area contributed by atoms with Gasteiger partial charge in [-0.1, -0.05) is 23.7 Å². The molecule has 0 aliphatic carbocycles. The van der Waals surface area contributed by atoms with Crippen LogP contribution in [0.1, 0.15) is 6.42 Å². The van der Waals surface area contributed by atoms with Crippen molar-refractivity contribution in [1.82, 2.24) is 10.2 Å². The van der Waals surface area contributed by atoms with E-state index in [1.165, 1.54) is 18.2 Å². The van der Waals surface area contributed by atoms with E-state index in [0.29, 0.717) is 28.1 Å². The van der Waals surface area contributed by atoms with E-state index < -0.39 is 12.0 Å². The summed E-state index contributed by atoms with van der Waals surface area (Å²) in [6.07, 6.45) is 0.794. The number of halogens is 1. The van der Waals surface area contributed by atoms with Crippen molar-refractivity contribution in [3.05, 3.63) is 57.9 Å². The minimum absolute atomic E-state index is 0.0745. The zero-order valence-corrected chi connectivity index (χ0v) is 17.2. The molecule has 11 heteroatoms. The third-order valence-electron chi connectivity index (χ3n) is 4.11. The Bertz CT molecular complexity index is 939. The monoisotopic (exact) mass is 432 g/mol. The standard InChI is InChI=1S/C19H21ClN6O4/c1-24(2)10-5-11-30-17-9-8-13(20)12-14(17)21-19(27)22-18-23-26(29)16-7-4-3-6-15(16)25(18)28/h3-4,6-9,12H,5,10-11H2,1-2H3,(H2,21,22,23,27)/q-2. The predicted molar refractivity (Wildman–Crippen MR) is 118 cm³/mol. The predicted octanol–water partition coefficient (Wildman–Crippen LogP) is 3.39. The number of fused-ring (bicyclic) bond motifs is 1. The van der Waals surface area contributed by atoms with E-state index in [0.717, 1.165) is 13.0 Å². The van der Waals surface area contributed by atoms with Crippen LogP contribution in [0.5, 0.6) is 5.75 Å². The zero-order valence-electron chi connectivity index (χ0n) is 16.5. The molecule has 0 radical (unpaired) electrons. The summed E-state index contributed by atoms with van der Waals surface area (Å²) in [5.74, 6) is -0.0367. The van der Waals surface area contributed by atoms with Gasteiger partial charge in [-0.25, -0.2) is 4.79 Å². The summed E-state index contributed by atoms with van der Waals surface area (Å²) < 4.78 is 5.73. The van der Waals surface area contributed by atoms with Gasteiger partial charge in [0.1, 0.15) is 5.75 Å². The van der Waals surface area contributed by atoms with Crippen LogP contribution < -0.4 is 25.6 Å². The average Bonchev–Trinajstić information content (AvgIpc) is 2.70. The first-order chi connectivity index (χ1) is 14.3. The van der Waals surface area contributed by atoms with Crippen LogP contribution in [0.15, 0.2) is 47.6 Å². The van der Waals surface area contributed by atoms with E-state index in [2.05, 4.69) is 15.7 Å². The third kappa shape index (κ3) is 5.30. The van der Waals surface area contributed by atoms with Crippen LogP contribution in [-0.4, -0.2) is 44.1 Å². The minimum Gasteiger partial charge on any atom is -0.752 e. The Kier molecular flexibility index (Phi) is 6.95. The molecule has 0 fully saturated rings. The van der Waals surface area contributed by atoms with Crippen molar-refractivity contribution in [1.29, 1.82) is 0 Å². The van der Waals surface area contributed by atoms with Gasteiger partial charge in [0.2, 0.25) is 5.96 Å². The van der Waals surface area contributed by atoms with Gasteiger partial charge in [0, 0.05) is 11.6 Å². The van der Waals surface area contributed by atoms with Crippen LogP contribution in [0.4, 0.5) is 21.9 Å². The number of hydrogen-bond donors (Lipinski definition) is 2. The van der Waals surface area contributed by atoms with Crippen molar-refractivity contribution in [3.63, 3.8) is 0 Å². The first-order valence-corrected chi connectivity index (χ1v) is 9.50. The molecule has 0 bridgehead atoms. The van der Waals surface area contributed by atoms with Crippen molar-refractivity contribution in [3.8, 4) is 5.75 Å². The van der Waals surface area contributed by atoms with Gasteiger partial charge in [0.15, 0.2) is 0 Å². The number of carbonyl (C=O) groups excluding carboxylic acids is 1. The highest BCUT2D eigenvalue weighted by Gasteiger charge is 2.18. The number of hydroxylamine groups is 1. The molecule has 0 atom stereocenters. The fourth-order valence-electron chi connectivity index (χ4n) is 2.71. The molecule has 0 saturated carbocycles. The lowest BCUT2D eigenvalue weighted by Gasteiger charge is -2.41. The highest BCUT2D eigenvalue weighted by atomic mass is 35.5. The van der Waals surface area contributed by atoms with Crippen molar-refractivity contribution < 1.29 is 9.53 Å². The molecule has 10 nitrogen and oxygen atoms in total. The maximum Gasteiger partial charge on any atom is 0.326 e. The van der Waals surface area contributed by atoms with Crippen molar-refractivity contribution >= 4 is 40.7 Å². The number of nitrogens with one attached hydrogen (secondary N) is 2. The smallest absolute Gasteiger partial charge is 0.326 e. The Morgan fingerprint density at radius 3 is 2.63 bits per heavy atom. The molecular formula is C19H21ClN6O4-2. The number of anilines is 3. The Morgan fingerprint density at radius 2 is 1.90 bits per heavy atom. The summed E-state index contributed by atoms with van der Waals surface area (Å²) in [6.45, 7) is 1.29. The maximum atomic E-state index is 12.4. The van der Waals surface area contributed by atoms with Crippen molar-refractivity contribution in [2.45, 2.75) is 6.42 Å². The van der Waals surface area contributed by atoms with Gasteiger partial charge in [-0.2, -0.15) is 0 Å². The van der Waals surface area contributed by atoms with E-state index in [-0.39, 0.29) is 16.5 Å². The lowest BCUT2D eigenvalue weighted by Crippen LogP contribution is -2.46. The topological polar surface area (TPSA) is 119 Å². The molecule has 1 aliphatic heterocycles. The van der Waals surface area contributed by atoms with Crippen LogP contribution in [0.25, 0.3) is 0 Å². The summed E-state index contributed by atoms with van der Waals surface area (Å²) in [5.41, 5.74) is 0.477. The minimum atomic E-state index is -0.775. The van der Waals surface area contributed by atoms with Gasteiger partial charge in [-0.15, -0.1) is 5.10 Å². The lowest BCUT2D eigenvalue weighted by molar-refractivity contribution is 0.255. The van der Waals surface area contributed by atoms with Gasteiger partial charge < -0.3 is 35.6 Å². The molecular weight excluding hydrogens is 412 g/mol. The summed E-state index contributed by atoms with van der Waals surface area (Å²) in [5, 5.41) is 33.9. The second-order valence-electron chi connectivity index (χ2n) is 6.70. The van der Waals surface area contributed by atoms with E-state index >= 15 is 0 Å². The Hall–Kier alpha value is -3.05. The molecule has 2 amide bonds. The molecule has 1 aliphatic rings. The number of ether oxygens (including phenoxy) is 1. The molecule has 2 aromatic carbocycles. The number of carbonyl (C=O) groups is 1. The first-order valence-electron chi connectivity index (χ1n) is 9.12. The van der Waals surface area contributed by atoms with Crippen LogP contribution in [-0.2, 0) is 0 Å². The van der Waals surface area contributed by atoms with Gasteiger partial charge in [0.25, 0.3) is 0 Å². The number of hydrogen-bond acceptors (Lipinski definition) is 8. The fraction of sp³-hybridized carbons (Fsp3) is 0.263. The number of urea groups is 1. The maximum absolute atomic E-state index is 12.4. The quantitative estimate of drug-likeness (QED) is 0.671. The largest absolute Gasteiger partial charge is 0.752 e. The van der Waals surface area contributed by atoms with E-state index in [9.17, 15) is 15.2 Å². The molecule has 0 saturated heterocycles. The van der Waals surface area contributed by atoms with Crippen LogP contribution in [0, 0.1) is 10.4 Å². The number of rotatable bonds is 6. The number of hydrazone groups is 1. The van der Waals surface area contributed by atoms with E-state index in [1.807, 2.05) is 19.0 Å². The molecule has 0 spiro atoms. The first kappa shape index (κ1) is 21.7. The van der Waals surface area contributed by atoms with Gasteiger partial charge in [0.05, 0.1) is 23.7 Å². The highest BCUT2D eigenvalue weighted by molar-refractivity contribution is 6.31. The highest BCUT2D eigenvalue weighted by Crippen LogP contribution is 2.32.